The molecule has 0 bridgehead atoms. The summed E-state index contributed by atoms with van der Waals surface area (Å²) in [5.74, 6) is 0.939. The molecule has 3 heterocycles. The van der Waals surface area contributed by atoms with Crippen LogP contribution < -0.4 is 9.80 Å². The molecule has 0 saturated carbocycles. The van der Waals surface area contributed by atoms with Gasteiger partial charge in [-0.2, -0.15) is 0 Å². The zero-order valence-corrected chi connectivity index (χ0v) is 17.8. The number of para-hydroxylation sites is 1. The average Bonchev–Trinajstić information content (AvgIpc) is 3.32. The van der Waals surface area contributed by atoms with Gasteiger partial charge in [-0.15, -0.1) is 11.3 Å². The van der Waals surface area contributed by atoms with Gasteiger partial charge < -0.3 is 14.2 Å². The third kappa shape index (κ3) is 2.07. The van der Waals surface area contributed by atoms with Gasteiger partial charge in [0.1, 0.15) is 16.9 Å². The van der Waals surface area contributed by atoms with Crippen LogP contribution in [0, 0.1) is 6.92 Å². The Kier molecular flexibility index (Phi) is 3.24. The molecule has 29 heavy (non-hydrogen) atoms. The molecule has 3 aromatic carbocycles. The van der Waals surface area contributed by atoms with Gasteiger partial charge in [0, 0.05) is 27.9 Å². The minimum atomic E-state index is -0.243. The van der Waals surface area contributed by atoms with E-state index < -0.39 is 0 Å². The summed E-state index contributed by atoms with van der Waals surface area (Å²) in [5, 5.41) is 3.82. The van der Waals surface area contributed by atoms with Crippen LogP contribution in [0.25, 0.3) is 31.1 Å². The standard InChI is InChI=1S/C25H22N2OS/c1-15-13-14-17-16-9-6-8-12-20(16)29-23(17)21(15)27-22-18-10-5-7-11-19(18)28-24(22)26(4)25(27,2)3/h5-14H,1-4H3. The lowest BCUT2D eigenvalue weighted by atomic mass is 10.0. The van der Waals surface area contributed by atoms with Crippen LogP contribution in [0.3, 0.4) is 0 Å². The summed E-state index contributed by atoms with van der Waals surface area (Å²) < 4.78 is 8.98. The summed E-state index contributed by atoms with van der Waals surface area (Å²) in [6, 6.07) is 21.6. The van der Waals surface area contributed by atoms with Gasteiger partial charge in [0.15, 0.2) is 0 Å². The minimum Gasteiger partial charge on any atom is -0.438 e. The second-order valence-electron chi connectivity index (χ2n) is 8.35. The first-order chi connectivity index (χ1) is 14.0. The van der Waals surface area contributed by atoms with Crippen LogP contribution >= 0.6 is 11.3 Å². The Morgan fingerprint density at radius 3 is 2.38 bits per heavy atom. The maximum atomic E-state index is 6.31. The number of fused-ring (bicyclic) bond motifs is 6. The molecular weight excluding hydrogens is 376 g/mol. The van der Waals surface area contributed by atoms with E-state index in [-0.39, 0.29) is 5.66 Å². The van der Waals surface area contributed by atoms with Crippen molar-refractivity contribution in [1.29, 1.82) is 0 Å². The molecule has 0 aliphatic carbocycles. The lowest BCUT2D eigenvalue weighted by Gasteiger charge is -2.39. The van der Waals surface area contributed by atoms with Crippen molar-refractivity contribution in [2.24, 2.45) is 0 Å². The number of rotatable bonds is 1. The molecule has 1 aliphatic rings. The average molecular weight is 399 g/mol. The molecule has 0 fully saturated rings. The van der Waals surface area contributed by atoms with Gasteiger partial charge in [0.05, 0.1) is 10.4 Å². The summed E-state index contributed by atoms with van der Waals surface area (Å²) in [5.41, 5.74) is 4.43. The number of hydrogen-bond donors (Lipinski definition) is 0. The van der Waals surface area contributed by atoms with Crippen LogP contribution in [0.15, 0.2) is 65.1 Å². The van der Waals surface area contributed by atoms with Crippen LogP contribution in [0.1, 0.15) is 19.4 Å². The molecular formula is C25H22N2OS. The van der Waals surface area contributed by atoms with E-state index in [9.17, 15) is 0 Å². The number of thiophene rings is 1. The monoisotopic (exact) mass is 398 g/mol. The first-order valence-corrected chi connectivity index (χ1v) is 10.8. The molecule has 0 radical (unpaired) electrons. The molecule has 0 saturated heterocycles. The normalized spacial score (nSPS) is 15.7. The van der Waals surface area contributed by atoms with Gasteiger partial charge in [0.2, 0.25) is 5.88 Å². The van der Waals surface area contributed by atoms with E-state index in [1.807, 2.05) is 17.4 Å². The molecule has 5 aromatic rings. The van der Waals surface area contributed by atoms with Gasteiger partial charge >= 0.3 is 0 Å². The van der Waals surface area contributed by atoms with E-state index in [1.165, 1.54) is 37.1 Å². The maximum Gasteiger partial charge on any atom is 0.222 e. The van der Waals surface area contributed by atoms with Crippen LogP contribution in [0.4, 0.5) is 17.3 Å². The lowest BCUT2D eigenvalue weighted by Crippen LogP contribution is -2.49. The van der Waals surface area contributed by atoms with Gasteiger partial charge in [-0.1, -0.05) is 42.5 Å². The van der Waals surface area contributed by atoms with Crippen molar-refractivity contribution in [3.05, 3.63) is 66.2 Å². The van der Waals surface area contributed by atoms with E-state index in [0.717, 1.165) is 16.9 Å². The molecule has 6 rings (SSSR count). The second-order valence-corrected chi connectivity index (χ2v) is 9.40. The number of hydrogen-bond acceptors (Lipinski definition) is 4. The SMILES string of the molecule is Cc1ccc2c(sc3ccccc32)c1N1c2c(oc3ccccc23)N(C)C1(C)C. The van der Waals surface area contributed by atoms with E-state index in [1.54, 1.807) is 0 Å². The molecule has 2 aromatic heterocycles. The second kappa shape index (κ2) is 5.55. The molecule has 3 nitrogen and oxygen atoms in total. The quantitative estimate of drug-likeness (QED) is 0.293. The number of anilines is 3. The van der Waals surface area contributed by atoms with Gasteiger partial charge in [-0.05, 0) is 44.5 Å². The Morgan fingerprint density at radius 1 is 0.828 bits per heavy atom. The zero-order valence-electron chi connectivity index (χ0n) is 17.0. The molecule has 0 amide bonds. The third-order valence-corrected chi connectivity index (χ3v) is 7.59. The molecule has 0 spiro atoms. The highest BCUT2D eigenvalue weighted by Gasteiger charge is 2.46. The van der Waals surface area contributed by atoms with Crippen LogP contribution in [0.5, 0.6) is 0 Å². The van der Waals surface area contributed by atoms with Crippen LogP contribution in [-0.4, -0.2) is 12.7 Å². The largest absolute Gasteiger partial charge is 0.438 e. The van der Waals surface area contributed by atoms with Gasteiger partial charge in [-0.25, -0.2) is 0 Å². The Labute approximate surface area is 173 Å². The first-order valence-electron chi connectivity index (χ1n) is 9.95. The Morgan fingerprint density at radius 2 is 1.55 bits per heavy atom. The maximum absolute atomic E-state index is 6.31. The topological polar surface area (TPSA) is 19.6 Å². The zero-order chi connectivity index (χ0) is 19.9. The lowest BCUT2D eigenvalue weighted by molar-refractivity contribution is 0.489. The summed E-state index contributed by atoms with van der Waals surface area (Å²) in [6.45, 7) is 6.75. The number of benzene rings is 3. The Bertz CT molecular complexity index is 1430. The number of aryl methyl sites for hydroxylation is 1. The molecule has 1 aliphatic heterocycles. The van der Waals surface area contributed by atoms with Crippen molar-refractivity contribution in [3.8, 4) is 0 Å². The predicted octanol–water partition coefficient (Wildman–Crippen LogP) is 7.43. The third-order valence-electron chi connectivity index (χ3n) is 6.39. The number of nitrogens with zero attached hydrogens (tertiary/aromatic N) is 2. The van der Waals surface area contributed by atoms with E-state index in [2.05, 4.69) is 92.2 Å². The Balaban J connectivity index is 1.75. The summed E-state index contributed by atoms with van der Waals surface area (Å²) >= 11 is 1.88. The Hall–Kier alpha value is -2.98. The molecule has 0 N–H and O–H groups in total. The molecule has 4 heteroatoms. The summed E-state index contributed by atoms with van der Waals surface area (Å²) in [4.78, 5) is 4.75. The van der Waals surface area contributed by atoms with Crippen molar-refractivity contribution >= 4 is 59.7 Å². The van der Waals surface area contributed by atoms with Crippen LogP contribution in [-0.2, 0) is 0 Å². The van der Waals surface area contributed by atoms with Crippen molar-refractivity contribution in [2.75, 3.05) is 16.8 Å². The van der Waals surface area contributed by atoms with Crippen LogP contribution in [0.2, 0.25) is 0 Å². The number of furan rings is 1. The fourth-order valence-electron chi connectivity index (χ4n) is 4.67. The minimum absolute atomic E-state index is 0.243. The van der Waals surface area contributed by atoms with E-state index >= 15 is 0 Å². The van der Waals surface area contributed by atoms with Gasteiger partial charge in [-0.3, -0.25) is 0 Å². The highest BCUT2D eigenvalue weighted by atomic mass is 32.1. The summed E-state index contributed by atoms with van der Waals surface area (Å²) in [6.07, 6.45) is 0. The fraction of sp³-hybridized carbons (Fsp3) is 0.200. The van der Waals surface area contributed by atoms with Crippen molar-refractivity contribution in [3.63, 3.8) is 0 Å². The van der Waals surface area contributed by atoms with Crippen molar-refractivity contribution < 1.29 is 4.42 Å². The first kappa shape index (κ1) is 16.9. The molecule has 0 atom stereocenters. The van der Waals surface area contributed by atoms with Crippen molar-refractivity contribution in [1.82, 2.24) is 0 Å². The van der Waals surface area contributed by atoms with E-state index in [0.29, 0.717) is 0 Å². The van der Waals surface area contributed by atoms with Crippen molar-refractivity contribution in [2.45, 2.75) is 26.4 Å². The molecule has 0 unspecified atom stereocenters. The van der Waals surface area contributed by atoms with E-state index in [4.69, 9.17) is 4.42 Å². The van der Waals surface area contributed by atoms with Gasteiger partial charge in [0.25, 0.3) is 0 Å². The molecule has 144 valence electrons. The summed E-state index contributed by atoms with van der Waals surface area (Å²) in [7, 11) is 2.13. The highest BCUT2D eigenvalue weighted by molar-refractivity contribution is 7.26. The smallest absolute Gasteiger partial charge is 0.222 e. The fourth-order valence-corrected chi connectivity index (χ4v) is 5.96. The predicted molar refractivity (Wildman–Crippen MR) is 125 cm³/mol. The highest BCUT2D eigenvalue weighted by Crippen LogP contribution is 2.56.